The third-order valence-corrected chi connectivity index (χ3v) is 6.17. The number of anilines is 2. The van der Waals surface area contributed by atoms with Gasteiger partial charge in [-0.2, -0.15) is 0 Å². The summed E-state index contributed by atoms with van der Waals surface area (Å²) in [5.41, 5.74) is 3.95. The summed E-state index contributed by atoms with van der Waals surface area (Å²) >= 11 is 1.40. The Morgan fingerprint density at radius 1 is 1.13 bits per heavy atom. The smallest absolute Gasteiger partial charge is 0.230 e. The molecular weight excluding hydrogens is 394 g/mol. The van der Waals surface area contributed by atoms with Gasteiger partial charge < -0.3 is 15.1 Å². The van der Waals surface area contributed by atoms with Crippen LogP contribution in [-0.4, -0.2) is 54.4 Å². The van der Waals surface area contributed by atoms with E-state index in [9.17, 15) is 4.79 Å². The minimum absolute atomic E-state index is 0.0387. The van der Waals surface area contributed by atoms with Gasteiger partial charge in [-0.05, 0) is 49.4 Å². The van der Waals surface area contributed by atoms with Crippen LogP contribution in [0.2, 0.25) is 0 Å². The van der Waals surface area contributed by atoms with Gasteiger partial charge in [0.2, 0.25) is 5.91 Å². The first kappa shape index (κ1) is 22.4. The third-order valence-electron chi connectivity index (χ3n) is 5.30. The largest absolute Gasteiger partial charge is 0.368 e. The first-order valence-corrected chi connectivity index (χ1v) is 11.7. The summed E-state index contributed by atoms with van der Waals surface area (Å²) in [7, 11) is 0. The molecule has 1 saturated heterocycles. The Balaban J connectivity index is 1.52. The lowest BCUT2D eigenvalue weighted by atomic mass is 10.1. The van der Waals surface area contributed by atoms with Crippen LogP contribution in [-0.2, 0) is 4.79 Å². The van der Waals surface area contributed by atoms with Crippen LogP contribution in [0.3, 0.4) is 0 Å². The second-order valence-corrected chi connectivity index (χ2v) is 9.23. The number of aryl methyl sites for hydroxylation is 2. The predicted octanol–water partition coefficient (Wildman–Crippen LogP) is 3.67. The summed E-state index contributed by atoms with van der Waals surface area (Å²) in [4.78, 5) is 25.8. The second kappa shape index (κ2) is 10.7. The lowest BCUT2D eigenvalue weighted by molar-refractivity contribution is -0.118. The fourth-order valence-electron chi connectivity index (χ4n) is 3.50. The summed E-state index contributed by atoms with van der Waals surface area (Å²) in [6.45, 7) is 13.1. The van der Waals surface area contributed by atoms with Crippen LogP contribution in [0.4, 0.5) is 11.5 Å². The number of carbonyl (C=O) groups is 1. The minimum atomic E-state index is 0.0387. The molecule has 1 aliphatic rings. The summed E-state index contributed by atoms with van der Waals surface area (Å²) in [6, 6.07) is 8.60. The molecule has 0 atom stereocenters. The monoisotopic (exact) mass is 427 g/mol. The van der Waals surface area contributed by atoms with Crippen LogP contribution in [0.25, 0.3) is 0 Å². The van der Waals surface area contributed by atoms with E-state index >= 15 is 0 Å². The Kier molecular flexibility index (Phi) is 7.96. The minimum Gasteiger partial charge on any atom is -0.368 e. The highest BCUT2D eigenvalue weighted by Crippen LogP contribution is 2.24. The molecule has 0 saturated carbocycles. The highest BCUT2D eigenvalue weighted by molar-refractivity contribution is 7.99. The van der Waals surface area contributed by atoms with Crippen LogP contribution in [0.5, 0.6) is 0 Å². The molecule has 1 aromatic carbocycles. The maximum Gasteiger partial charge on any atom is 0.230 e. The van der Waals surface area contributed by atoms with Crippen molar-refractivity contribution in [1.29, 1.82) is 0 Å². The van der Waals surface area contributed by atoms with Crippen molar-refractivity contribution in [3.05, 3.63) is 41.6 Å². The fraction of sp³-hybridized carbons (Fsp3) is 0.522. The molecular formula is C23H33N5OS. The predicted molar refractivity (Wildman–Crippen MR) is 126 cm³/mol. The van der Waals surface area contributed by atoms with Gasteiger partial charge in [0.15, 0.2) is 5.16 Å². The molecule has 2 aromatic rings. The summed E-state index contributed by atoms with van der Waals surface area (Å²) in [6.07, 6.45) is 2.79. The number of nitrogens with one attached hydrogen (secondary N) is 1. The Morgan fingerprint density at radius 2 is 1.87 bits per heavy atom. The third kappa shape index (κ3) is 6.36. The Labute approximate surface area is 184 Å². The molecule has 1 N–H and O–H groups in total. The quantitative estimate of drug-likeness (QED) is 0.512. The summed E-state index contributed by atoms with van der Waals surface area (Å²) in [5, 5.41) is 3.62. The number of hydrogen-bond acceptors (Lipinski definition) is 6. The van der Waals surface area contributed by atoms with Crippen molar-refractivity contribution in [2.75, 3.05) is 48.3 Å². The molecule has 3 rings (SSSR count). The van der Waals surface area contributed by atoms with E-state index in [-0.39, 0.29) is 5.91 Å². The lowest BCUT2D eigenvalue weighted by Gasteiger charge is -2.37. The van der Waals surface area contributed by atoms with E-state index in [0.29, 0.717) is 16.8 Å². The van der Waals surface area contributed by atoms with Gasteiger partial charge in [-0.15, -0.1) is 0 Å². The highest BCUT2D eigenvalue weighted by Gasteiger charge is 2.20. The van der Waals surface area contributed by atoms with Gasteiger partial charge in [-0.3, -0.25) is 4.79 Å². The standard InChI is InChI=1S/C23H33N5OS/c1-17(2)7-9-24-22(29)16-30-23-25-10-8-21(26-23)28-13-11-27(12-14-28)20-15-18(3)5-6-19(20)4/h5-6,8,10,15,17H,7,9,11-14,16H2,1-4H3,(H,24,29). The number of nitrogens with zero attached hydrogens (tertiary/aromatic N) is 4. The average molecular weight is 428 g/mol. The van der Waals surface area contributed by atoms with Crippen molar-refractivity contribution < 1.29 is 4.79 Å². The molecule has 1 amide bonds. The average Bonchev–Trinajstić information content (AvgIpc) is 2.74. The number of hydrogen-bond donors (Lipinski definition) is 1. The molecule has 6 nitrogen and oxygen atoms in total. The number of piperazine rings is 1. The van der Waals surface area contributed by atoms with Crippen molar-refractivity contribution in [2.24, 2.45) is 5.92 Å². The zero-order valence-corrected chi connectivity index (χ0v) is 19.3. The SMILES string of the molecule is Cc1ccc(C)c(N2CCN(c3ccnc(SCC(=O)NCCC(C)C)n3)CC2)c1. The van der Waals surface area contributed by atoms with Gasteiger partial charge >= 0.3 is 0 Å². The lowest BCUT2D eigenvalue weighted by Crippen LogP contribution is -2.47. The van der Waals surface area contributed by atoms with Gasteiger partial charge in [0.25, 0.3) is 0 Å². The molecule has 0 unspecified atom stereocenters. The maximum absolute atomic E-state index is 12.0. The number of rotatable bonds is 8. The van der Waals surface area contributed by atoms with Crippen LogP contribution < -0.4 is 15.1 Å². The summed E-state index contributed by atoms with van der Waals surface area (Å²) in [5.74, 6) is 1.92. The number of benzene rings is 1. The Morgan fingerprint density at radius 3 is 2.60 bits per heavy atom. The van der Waals surface area contributed by atoms with E-state index in [1.807, 2.05) is 6.07 Å². The molecule has 1 aliphatic heterocycles. The number of amides is 1. The molecule has 0 spiro atoms. The second-order valence-electron chi connectivity index (χ2n) is 8.28. The van der Waals surface area contributed by atoms with Crippen LogP contribution in [0, 0.1) is 19.8 Å². The molecule has 7 heteroatoms. The number of thioether (sulfide) groups is 1. The van der Waals surface area contributed by atoms with E-state index in [1.165, 1.54) is 28.6 Å². The van der Waals surface area contributed by atoms with E-state index in [1.54, 1.807) is 6.20 Å². The fourth-order valence-corrected chi connectivity index (χ4v) is 4.15. The molecule has 0 radical (unpaired) electrons. The van der Waals surface area contributed by atoms with Crippen molar-refractivity contribution in [3.8, 4) is 0 Å². The molecule has 0 aliphatic carbocycles. The number of carbonyl (C=O) groups excluding carboxylic acids is 1. The molecule has 2 heterocycles. The first-order chi connectivity index (χ1) is 14.4. The van der Waals surface area contributed by atoms with Gasteiger partial charge in [0.05, 0.1) is 5.75 Å². The van der Waals surface area contributed by atoms with Gasteiger partial charge in [0.1, 0.15) is 5.82 Å². The van der Waals surface area contributed by atoms with E-state index in [2.05, 4.69) is 71.0 Å². The van der Waals surface area contributed by atoms with Crippen LogP contribution >= 0.6 is 11.8 Å². The summed E-state index contributed by atoms with van der Waals surface area (Å²) < 4.78 is 0. The first-order valence-electron chi connectivity index (χ1n) is 10.7. The van der Waals surface area contributed by atoms with Crippen LogP contribution in [0.1, 0.15) is 31.4 Å². The van der Waals surface area contributed by atoms with Crippen molar-refractivity contribution in [1.82, 2.24) is 15.3 Å². The van der Waals surface area contributed by atoms with Crippen molar-refractivity contribution in [2.45, 2.75) is 39.3 Å². The zero-order valence-electron chi connectivity index (χ0n) is 18.5. The number of aromatic nitrogens is 2. The highest BCUT2D eigenvalue weighted by atomic mass is 32.2. The topological polar surface area (TPSA) is 61.4 Å². The maximum atomic E-state index is 12.0. The van der Waals surface area contributed by atoms with Gasteiger partial charge in [-0.1, -0.05) is 37.7 Å². The zero-order chi connectivity index (χ0) is 21.5. The van der Waals surface area contributed by atoms with E-state index in [4.69, 9.17) is 0 Å². The van der Waals surface area contributed by atoms with Crippen molar-refractivity contribution in [3.63, 3.8) is 0 Å². The van der Waals surface area contributed by atoms with E-state index < -0.39 is 0 Å². The normalized spacial score (nSPS) is 14.3. The Hall–Kier alpha value is -2.28. The van der Waals surface area contributed by atoms with Gasteiger partial charge in [-0.25, -0.2) is 9.97 Å². The molecule has 1 fully saturated rings. The Bertz CT molecular complexity index is 849. The van der Waals surface area contributed by atoms with Gasteiger partial charge in [0, 0.05) is 44.6 Å². The van der Waals surface area contributed by atoms with Crippen molar-refractivity contribution >= 4 is 29.2 Å². The van der Waals surface area contributed by atoms with E-state index in [0.717, 1.165) is 45.0 Å². The molecule has 162 valence electrons. The molecule has 30 heavy (non-hydrogen) atoms. The molecule has 1 aromatic heterocycles. The van der Waals surface area contributed by atoms with Crippen LogP contribution in [0.15, 0.2) is 35.6 Å². The molecule has 0 bridgehead atoms.